The van der Waals surface area contributed by atoms with Crippen LogP contribution in [0.25, 0.3) is 27.7 Å². The molecule has 0 atom stereocenters. The van der Waals surface area contributed by atoms with Crippen molar-refractivity contribution in [3.63, 3.8) is 0 Å². The van der Waals surface area contributed by atoms with Crippen LogP contribution in [0, 0.1) is 12.7 Å². The summed E-state index contributed by atoms with van der Waals surface area (Å²) in [4.78, 5) is 16.6. The zero-order valence-electron chi connectivity index (χ0n) is 17.7. The first kappa shape index (κ1) is 21.6. The molecule has 2 aromatic heterocycles. The zero-order chi connectivity index (χ0) is 22.8. The van der Waals surface area contributed by atoms with Crippen molar-refractivity contribution in [2.24, 2.45) is 0 Å². The number of hydrogen-bond donors (Lipinski definition) is 1. The van der Waals surface area contributed by atoms with E-state index in [0.717, 1.165) is 27.6 Å². The Morgan fingerprint density at radius 3 is 2.62 bits per heavy atom. The molecule has 0 bridgehead atoms. The molecule has 2 aromatic carbocycles. The number of aryl methyl sites for hydroxylation is 1. The van der Waals surface area contributed by atoms with Gasteiger partial charge in [0, 0.05) is 34.3 Å². The van der Waals surface area contributed by atoms with Crippen LogP contribution in [0.1, 0.15) is 18.1 Å². The van der Waals surface area contributed by atoms with Crippen molar-refractivity contribution in [3.05, 3.63) is 83.0 Å². The second-order valence-corrected chi connectivity index (χ2v) is 7.73. The summed E-state index contributed by atoms with van der Waals surface area (Å²) in [6, 6.07) is 11.4. The first-order valence-corrected chi connectivity index (χ1v) is 10.2. The molecule has 0 unspecified atom stereocenters. The van der Waals surface area contributed by atoms with E-state index in [9.17, 15) is 9.18 Å². The third kappa shape index (κ3) is 4.22. The van der Waals surface area contributed by atoms with E-state index in [-0.39, 0.29) is 11.7 Å². The average Bonchev–Trinajstić information content (AvgIpc) is 3.20. The Hall–Kier alpha value is -3.64. The second kappa shape index (κ2) is 8.85. The van der Waals surface area contributed by atoms with Gasteiger partial charge in [-0.3, -0.25) is 4.79 Å². The molecule has 0 aliphatic heterocycles. The highest BCUT2D eigenvalue weighted by molar-refractivity contribution is 6.30. The van der Waals surface area contributed by atoms with Gasteiger partial charge in [0.05, 0.1) is 18.4 Å². The Bertz CT molecular complexity index is 1330. The minimum absolute atomic E-state index is 0.306. The molecule has 1 amide bonds. The van der Waals surface area contributed by atoms with Gasteiger partial charge in [0.25, 0.3) is 0 Å². The number of ether oxygens (including phenoxy) is 1. The fraction of sp³-hybridized carbons (Fsp3) is 0.120. The number of nitrogens with one attached hydrogen (secondary N) is 1. The summed E-state index contributed by atoms with van der Waals surface area (Å²) in [5.41, 5.74) is 4.59. The maximum atomic E-state index is 13.4. The lowest BCUT2D eigenvalue weighted by atomic mass is 9.96. The summed E-state index contributed by atoms with van der Waals surface area (Å²) in [7, 11) is 1.58. The molecule has 32 heavy (non-hydrogen) atoms. The summed E-state index contributed by atoms with van der Waals surface area (Å²) < 4.78 is 24.8. The molecule has 4 aromatic rings. The topological polar surface area (TPSA) is 64.4 Å². The van der Waals surface area contributed by atoms with Crippen molar-refractivity contribution in [1.82, 2.24) is 4.98 Å². The van der Waals surface area contributed by atoms with Gasteiger partial charge in [-0.25, -0.2) is 9.37 Å². The van der Waals surface area contributed by atoms with Crippen LogP contribution >= 0.6 is 11.6 Å². The molecule has 4 rings (SSSR count). The van der Waals surface area contributed by atoms with Crippen molar-refractivity contribution in [2.75, 3.05) is 12.4 Å². The highest BCUT2D eigenvalue weighted by Crippen LogP contribution is 2.40. The number of rotatable bonds is 5. The van der Waals surface area contributed by atoms with E-state index >= 15 is 0 Å². The van der Waals surface area contributed by atoms with Crippen LogP contribution in [0.5, 0.6) is 5.75 Å². The Labute approximate surface area is 189 Å². The number of pyridine rings is 1. The van der Waals surface area contributed by atoms with Crippen molar-refractivity contribution >= 4 is 39.9 Å². The largest absolute Gasteiger partial charge is 0.496 e. The number of halogens is 2. The smallest absolute Gasteiger partial charge is 0.249 e. The van der Waals surface area contributed by atoms with Gasteiger partial charge in [-0.2, -0.15) is 0 Å². The van der Waals surface area contributed by atoms with Crippen molar-refractivity contribution in [3.8, 4) is 16.9 Å². The number of fused-ring (bicyclic) bond motifs is 1. The van der Waals surface area contributed by atoms with Crippen molar-refractivity contribution in [1.29, 1.82) is 0 Å². The van der Waals surface area contributed by atoms with Gasteiger partial charge in [0.15, 0.2) is 0 Å². The quantitative estimate of drug-likeness (QED) is 0.346. The van der Waals surface area contributed by atoms with E-state index in [4.69, 9.17) is 20.8 Å². The van der Waals surface area contributed by atoms with Gasteiger partial charge in [-0.15, -0.1) is 0 Å². The maximum Gasteiger partial charge on any atom is 0.249 e. The lowest BCUT2D eigenvalue weighted by molar-refractivity contribution is -0.111. The third-order valence-electron chi connectivity index (χ3n) is 5.15. The molecule has 7 heteroatoms. The standard InChI is InChI=1S/C25H20ClFN2O3/c1-14(10-23(30)29-22-9-6-17(26)12-28-22)19-11-20-21(16-4-7-18(27)8-5-16)13-32-25(20)15(2)24(19)31-3/h4-13H,1-3H3,(H,28,29,30)/b14-10+. The van der Waals surface area contributed by atoms with E-state index in [2.05, 4.69) is 10.3 Å². The number of anilines is 1. The first-order chi connectivity index (χ1) is 15.4. The number of furan rings is 1. The highest BCUT2D eigenvalue weighted by Gasteiger charge is 2.19. The van der Waals surface area contributed by atoms with Gasteiger partial charge in [-0.1, -0.05) is 23.7 Å². The number of allylic oxidation sites excluding steroid dienone is 1. The molecule has 1 N–H and O–H groups in total. The van der Waals surface area contributed by atoms with E-state index in [0.29, 0.717) is 27.7 Å². The lowest BCUT2D eigenvalue weighted by Gasteiger charge is -2.13. The number of carbonyl (C=O) groups is 1. The Morgan fingerprint density at radius 2 is 1.97 bits per heavy atom. The first-order valence-electron chi connectivity index (χ1n) is 9.83. The SMILES string of the molecule is COc1c(/C(C)=C/C(=O)Nc2ccc(Cl)cn2)cc2c(-c3ccc(F)cc3)coc2c1C. The van der Waals surface area contributed by atoms with Gasteiger partial charge >= 0.3 is 0 Å². The summed E-state index contributed by atoms with van der Waals surface area (Å²) in [6.45, 7) is 3.73. The Balaban J connectivity index is 1.75. The normalized spacial score (nSPS) is 11.6. The summed E-state index contributed by atoms with van der Waals surface area (Å²) in [6.07, 6.45) is 4.59. The van der Waals surface area contributed by atoms with Crippen LogP contribution in [-0.4, -0.2) is 18.0 Å². The number of hydrogen-bond acceptors (Lipinski definition) is 4. The molecule has 0 spiro atoms. The predicted octanol–water partition coefficient (Wildman–Crippen LogP) is 6.65. The minimum atomic E-state index is -0.330. The maximum absolute atomic E-state index is 13.4. The molecule has 0 aliphatic rings. The Morgan fingerprint density at radius 1 is 1.22 bits per heavy atom. The molecule has 0 saturated carbocycles. The fourth-order valence-electron chi connectivity index (χ4n) is 3.61. The molecule has 2 heterocycles. The number of benzene rings is 2. The molecule has 0 aliphatic carbocycles. The van der Waals surface area contributed by atoms with E-state index in [1.54, 1.807) is 37.6 Å². The average molecular weight is 451 g/mol. The third-order valence-corrected chi connectivity index (χ3v) is 5.38. The summed E-state index contributed by atoms with van der Waals surface area (Å²) in [5.74, 6) is 0.377. The van der Waals surface area contributed by atoms with Crippen molar-refractivity contribution < 1.29 is 18.3 Å². The number of amides is 1. The van der Waals surface area contributed by atoms with Crippen LogP contribution in [0.15, 0.2) is 65.4 Å². The summed E-state index contributed by atoms with van der Waals surface area (Å²) in [5, 5.41) is 4.05. The van der Waals surface area contributed by atoms with E-state index in [1.807, 2.05) is 19.9 Å². The van der Waals surface area contributed by atoms with Gasteiger partial charge in [0.2, 0.25) is 5.91 Å². The number of carbonyl (C=O) groups excluding carboxylic acids is 1. The molecule has 0 saturated heterocycles. The fourth-order valence-corrected chi connectivity index (χ4v) is 3.72. The number of aromatic nitrogens is 1. The van der Waals surface area contributed by atoms with E-state index < -0.39 is 0 Å². The van der Waals surface area contributed by atoms with Crippen molar-refractivity contribution in [2.45, 2.75) is 13.8 Å². The number of nitrogens with zero attached hydrogens (tertiary/aromatic N) is 1. The predicted molar refractivity (Wildman–Crippen MR) is 124 cm³/mol. The van der Waals surface area contributed by atoms with E-state index in [1.165, 1.54) is 24.4 Å². The molecule has 0 fully saturated rings. The lowest BCUT2D eigenvalue weighted by Crippen LogP contribution is -2.10. The number of methoxy groups -OCH3 is 1. The van der Waals surface area contributed by atoms with Crippen LogP contribution < -0.4 is 10.1 Å². The second-order valence-electron chi connectivity index (χ2n) is 7.29. The van der Waals surface area contributed by atoms with Gasteiger partial charge in [-0.05, 0) is 55.3 Å². The summed E-state index contributed by atoms with van der Waals surface area (Å²) >= 11 is 5.84. The van der Waals surface area contributed by atoms with Crippen LogP contribution in [-0.2, 0) is 4.79 Å². The van der Waals surface area contributed by atoms with Gasteiger partial charge in [0.1, 0.15) is 23.0 Å². The molecular formula is C25H20ClFN2O3. The molecule has 162 valence electrons. The van der Waals surface area contributed by atoms with Crippen LogP contribution in [0.3, 0.4) is 0 Å². The molecule has 5 nitrogen and oxygen atoms in total. The van der Waals surface area contributed by atoms with Gasteiger partial charge < -0.3 is 14.5 Å². The van der Waals surface area contributed by atoms with Crippen LogP contribution in [0.4, 0.5) is 10.2 Å². The monoisotopic (exact) mass is 450 g/mol. The zero-order valence-corrected chi connectivity index (χ0v) is 18.5. The molecular weight excluding hydrogens is 431 g/mol. The van der Waals surface area contributed by atoms with Crippen LogP contribution in [0.2, 0.25) is 5.02 Å². The highest BCUT2D eigenvalue weighted by atomic mass is 35.5. The minimum Gasteiger partial charge on any atom is -0.496 e. The Kier molecular flexibility index (Phi) is 5.97. The molecule has 0 radical (unpaired) electrons.